The van der Waals surface area contributed by atoms with Crippen LogP contribution in [0, 0.1) is 13.8 Å². The first-order valence-electron chi connectivity index (χ1n) is 24.5. The largest absolute Gasteiger partial charge is 0.308 e. The molecule has 0 fully saturated rings. The summed E-state index contributed by atoms with van der Waals surface area (Å²) in [5.41, 5.74) is 21.9. The average molecular weight is 864 g/mol. The third kappa shape index (κ3) is 3.68. The molecule has 10 aromatic rings. The lowest BCUT2D eigenvalue weighted by atomic mass is 9.36. The molecule has 2 spiro atoms. The second kappa shape index (κ2) is 11.1. The third-order valence-corrected chi connectivity index (χ3v) is 18.7. The number of rotatable bonds is 0. The quantitative estimate of drug-likeness (QED) is 0.152. The molecule has 6 atom stereocenters. The van der Waals surface area contributed by atoms with Gasteiger partial charge in [-0.2, -0.15) is 0 Å². The molecule has 2 aromatic heterocycles. The fraction of sp³-hybridized carbons (Fsp3) is 0.250. The van der Waals surface area contributed by atoms with E-state index in [2.05, 4.69) is 187 Å². The van der Waals surface area contributed by atoms with Crippen LogP contribution in [-0.2, 0) is 21.7 Å². The smallest absolute Gasteiger partial charge is 0.171 e. The van der Waals surface area contributed by atoms with Crippen molar-refractivity contribution >= 4 is 60.4 Å². The topological polar surface area (TPSA) is 38.5 Å². The van der Waals surface area contributed by atoms with Crippen molar-refractivity contribution < 1.29 is 9.59 Å². The SMILES string of the molecule is Cc1c2c(cc3c1c1cc4c(C(C)(C)C)cc(C(C)(C)C)cc4c4c5c(C)c6c(cc5n3c14)C(=O)C1c3ccccc3C13c1ccccc1C63)C(=O)C1c3ccccc3C13c1ccccc1C23. The molecule has 0 bridgehead atoms. The predicted octanol–water partition coefficient (Wildman–Crippen LogP) is 14.7. The number of hydrogen-bond acceptors (Lipinski definition) is 2. The zero-order valence-electron chi connectivity index (χ0n) is 39.2. The lowest BCUT2D eigenvalue weighted by Gasteiger charge is -2.65. The van der Waals surface area contributed by atoms with E-state index in [1.807, 2.05) is 0 Å². The van der Waals surface area contributed by atoms with Crippen LogP contribution in [0.4, 0.5) is 0 Å². The van der Waals surface area contributed by atoms with Gasteiger partial charge < -0.3 is 4.40 Å². The summed E-state index contributed by atoms with van der Waals surface area (Å²) in [4.78, 5) is 31.2. The molecule has 0 N–H and O–H groups in total. The maximum atomic E-state index is 15.6. The van der Waals surface area contributed by atoms with Crippen LogP contribution in [0.3, 0.4) is 0 Å². The molecule has 8 aromatic carbocycles. The van der Waals surface area contributed by atoms with Gasteiger partial charge in [-0.25, -0.2) is 0 Å². The number of hydrogen-bond donors (Lipinski definition) is 0. The van der Waals surface area contributed by atoms with E-state index in [-0.39, 0.29) is 56.9 Å². The van der Waals surface area contributed by atoms with Gasteiger partial charge in [0.05, 0.1) is 28.4 Å². The van der Waals surface area contributed by atoms with Crippen molar-refractivity contribution in [2.75, 3.05) is 0 Å². The Labute approximate surface area is 389 Å². The number of fused-ring (bicyclic) bond motifs is 20. The Kier molecular flexibility index (Phi) is 6.19. The first-order chi connectivity index (χ1) is 32.2. The van der Waals surface area contributed by atoms with E-state index in [4.69, 9.17) is 0 Å². The molecule has 2 heterocycles. The van der Waals surface area contributed by atoms with Gasteiger partial charge in [0.1, 0.15) is 0 Å². The van der Waals surface area contributed by atoms with Crippen molar-refractivity contribution in [2.45, 2.75) is 101 Å². The van der Waals surface area contributed by atoms with Gasteiger partial charge in [-0.3, -0.25) is 9.59 Å². The zero-order chi connectivity index (χ0) is 45.3. The Morgan fingerprint density at radius 2 is 0.881 bits per heavy atom. The summed E-state index contributed by atoms with van der Waals surface area (Å²) < 4.78 is 2.49. The molecular formula is C64H49NO2. The maximum Gasteiger partial charge on any atom is 0.171 e. The Hall–Kier alpha value is -6.84. The fourth-order valence-electron chi connectivity index (χ4n) is 16.2. The van der Waals surface area contributed by atoms with Gasteiger partial charge in [-0.15, -0.1) is 0 Å². The number of aromatic nitrogens is 1. The minimum absolute atomic E-state index is 0.0851. The van der Waals surface area contributed by atoms with Crippen LogP contribution in [0.5, 0.6) is 0 Å². The van der Waals surface area contributed by atoms with E-state index in [0.717, 1.165) is 22.2 Å². The molecule has 0 amide bonds. The molecule has 67 heavy (non-hydrogen) atoms. The van der Waals surface area contributed by atoms with Crippen molar-refractivity contribution in [3.05, 3.63) is 216 Å². The first-order valence-corrected chi connectivity index (χ1v) is 24.5. The van der Waals surface area contributed by atoms with Crippen molar-refractivity contribution in [2.24, 2.45) is 0 Å². The van der Waals surface area contributed by atoms with Crippen LogP contribution in [0.1, 0.15) is 164 Å². The number of benzene rings is 8. The molecule has 0 aliphatic heterocycles. The molecule has 0 saturated carbocycles. The van der Waals surface area contributed by atoms with E-state index in [1.165, 1.54) is 116 Å². The van der Waals surface area contributed by atoms with Gasteiger partial charge in [-0.05, 0) is 138 Å². The Balaban J connectivity index is 1.09. The van der Waals surface area contributed by atoms with Crippen molar-refractivity contribution in [1.29, 1.82) is 0 Å². The van der Waals surface area contributed by atoms with E-state index >= 15 is 9.59 Å². The molecule has 6 unspecified atom stereocenters. The van der Waals surface area contributed by atoms with Crippen molar-refractivity contribution in [3.63, 3.8) is 0 Å². The first kappa shape index (κ1) is 37.3. The highest BCUT2D eigenvalue weighted by molar-refractivity contribution is 6.34. The molecule has 0 radical (unpaired) electrons. The standard InChI is InChI=1S/C64H49NO2/c1-30-49-39-27-37-38(25-32(61(3,4)5)26-46(37)62(6,7)8)53-52-31(2)51-41(60(67)57-36-20-12-16-24-45(36)64(57)43-22-14-10-18-34(43)55(51)64)29-48(52)65(58(39)53)47(49)28-40-50(30)54-33-17-9-13-21-42(33)63(54)44-23-15-11-19-35(44)56(63)59(40)66/h9-29,54-57H,1-8H3. The Morgan fingerprint density at radius 1 is 0.448 bits per heavy atom. The summed E-state index contributed by atoms with van der Waals surface area (Å²) in [6.45, 7) is 18.7. The fourth-order valence-corrected chi connectivity index (χ4v) is 16.2. The van der Waals surface area contributed by atoms with Gasteiger partial charge in [0.2, 0.25) is 0 Å². The van der Waals surface area contributed by atoms with Crippen molar-refractivity contribution in [1.82, 2.24) is 4.40 Å². The Bertz CT molecular complexity index is 4110. The van der Waals surface area contributed by atoms with Crippen LogP contribution in [-0.4, -0.2) is 16.0 Å². The number of aryl methyl sites for hydroxylation is 2. The van der Waals surface area contributed by atoms with E-state index in [0.29, 0.717) is 0 Å². The average Bonchev–Trinajstić information content (AvgIpc) is 3.80. The highest BCUT2D eigenvalue weighted by Crippen LogP contribution is 2.76. The van der Waals surface area contributed by atoms with E-state index < -0.39 is 0 Å². The summed E-state index contributed by atoms with van der Waals surface area (Å²) in [6.07, 6.45) is 0. The van der Waals surface area contributed by atoms with Crippen LogP contribution in [0.2, 0.25) is 0 Å². The number of Topliss-reactive ketones (excluding diaryl/α,β-unsaturated/α-hetero) is 2. The number of carbonyl (C=O) groups is 2. The van der Waals surface area contributed by atoms with Gasteiger partial charge in [0.15, 0.2) is 11.6 Å². The van der Waals surface area contributed by atoms with Crippen molar-refractivity contribution in [3.8, 4) is 0 Å². The van der Waals surface area contributed by atoms with Gasteiger partial charge >= 0.3 is 0 Å². The second-order valence-corrected chi connectivity index (χ2v) is 23.4. The third-order valence-electron chi connectivity index (χ3n) is 18.7. The molecule has 6 aliphatic carbocycles. The van der Waals surface area contributed by atoms with Crippen LogP contribution < -0.4 is 0 Å². The molecule has 322 valence electrons. The highest BCUT2D eigenvalue weighted by atomic mass is 16.1. The van der Waals surface area contributed by atoms with Gasteiger partial charge in [0, 0.05) is 55.3 Å². The summed E-state index contributed by atoms with van der Waals surface area (Å²) in [7, 11) is 0. The normalized spacial score (nSPS) is 24.6. The van der Waals surface area contributed by atoms with Gasteiger partial charge in [-0.1, -0.05) is 145 Å². The summed E-state index contributed by atoms with van der Waals surface area (Å²) in [5.74, 6) is 0.215. The molecule has 3 heteroatoms. The minimum atomic E-state index is -0.351. The summed E-state index contributed by atoms with van der Waals surface area (Å²) in [6, 6.07) is 47.3. The van der Waals surface area contributed by atoms with Crippen LogP contribution >= 0.6 is 0 Å². The zero-order valence-corrected chi connectivity index (χ0v) is 39.2. The minimum Gasteiger partial charge on any atom is -0.308 e. The predicted molar refractivity (Wildman–Crippen MR) is 271 cm³/mol. The van der Waals surface area contributed by atoms with E-state index in [1.54, 1.807) is 0 Å². The highest BCUT2D eigenvalue weighted by Gasteiger charge is 2.71. The summed E-state index contributed by atoms with van der Waals surface area (Å²) in [5, 5.41) is 7.51. The molecular weight excluding hydrogens is 815 g/mol. The molecule has 16 rings (SSSR count). The monoisotopic (exact) mass is 863 g/mol. The van der Waals surface area contributed by atoms with Crippen LogP contribution in [0.15, 0.2) is 127 Å². The number of carbonyl (C=O) groups excluding carboxylic acids is 2. The lowest BCUT2D eigenvalue weighted by molar-refractivity contribution is 0.0839. The Morgan fingerprint density at radius 3 is 1.34 bits per heavy atom. The maximum absolute atomic E-state index is 15.6. The number of nitrogens with zero attached hydrogens (tertiary/aromatic N) is 1. The van der Waals surface area contributed by atoms with Gasteiger partial charge in [0.25, 0.3) is 0 Å². The second-order valence-electron chi connectivity index (χ2n) is 23.4. The number of ketones is 2. The lowest BCUT2D eigenvalue weighted by Crippen LogP contribution is -2.61. The summed E-state index contributed by atoms with van der Waals surface area (Å²) >= 11 is 0. The van der Waals surface area contributed by atoms with E-state index in [9.17, 15) is 0 Å². The molecule has 0 saturated heterocycles. The van der Waals surface area contributed by atoms with Crippen LogP contribution in [0.25, 0.3) is 48.9 Å². The molecule has 3 nitrogen and oxygen atoms in total. The molecule has 6 aliphatic rings.